The van der Waals surface area contributed by atoms with Crippen LogP contribution in [-0.2, 0) is 0 Å². The minimum atomic E-state index is 0.281. The van der Waals surface area contributed by atoms with Crippen LogP contribution in [0.15, 0.2) is 18.5 Å². The molecule has 0 atom stereocenters. The molecular formula is C11H18N8. The van der Waals surface area contributed by atoms with Crippen molar-refractivity contribution in [2.75, 3.05) is 16.9 Å². The number of nitrogens with one attached hydrogen (secondary N) is 1. The number of hydrogen-bond acceptors (Lipinski definition) is 7. The summed E-state index contributed by atoms with van der Waals surface area (Å²) in [7, 11) is 0. The van der Waals surface area contributed by atoms with E-state index in [4.69, 9.17) is 5.84 Å². The number of anilines is 2. The van der Waals surface area contributed by atoms with Crippen molar-refractivity contribution >= 4 is 11.9 Å². The van der Waals surface area contributed by atoms with Gasteiger partial charge in [0.2, 0.25) is 11.9 Å². The highest BCUT2D eigenvalue weighted by Crippen LogP contribution is 2.14. The van der Waals surface area contributed by atoms with Gasteiger partial charge < -0.3 is 4.90 Å². The van der Waals surface area contributed by atoms with Crippen LogP contribution in [0.2, 0.25) is 0 Å². The number of aromatic nitrogens is 5. The third-order valence-electron chi connectivity index (χ3n) is 2.67. The van der Waals surface area contributed by atoms with Crippen LogP contribution in [0.5, 0.6) is 0 Å². The number of hydrogen-bond donors (Lipinski definition) is 2. The van der Waals surface area contributed by atoms with E-state index < -0.39 is 0 Å². The molecule has 0 saturated carbocycles. The van der Waals surface area contributed by atoms with Crippen molar-refractivity contribution in [3.8, 4) is 5.95 Å². The summed E-state index contributed by atoms with van der Waals surface area (Å²) in [6.45, 7) is 7.00. The van der Waals surface area contributed by atoms with Crippen molar-refractivity contribution < 1.29 is 0 Å². The highest BCUT2D eigenvalue weighted by atomic mass is 15.4. The maximum Gasteiger partial charge on any atom is 0.257 e. The van der Waals surface area contributed by atoms with E-state index >= 15 is 0 Å². The van der Waals surface area contributed by atoms with Gasteiger partial charge in [-0.05, 0) is 26.8 Å². The van der Waals surface area contributed by atoms with E-state index in [9.17, 15) is 0 Å². The Balaban J connectivity index is 2.47. The minimum Gasteiger partial charge on any atom is -0.338 e. The molecule has 2 aromatic rings. The van der Waals surface area contributed by atoms with Crippen LogP contribution in [0.3, 0.4) is 0 Å². The van der Waals surface area contributed by atoms with Crippen molar-refractivity contribution in [2.45, 2.75) is 26.8 Å². The molecule has 0 saturated heterocycles. The lowest BCUT2D eigenvalue weighted by atomic mass is 10.3. The number of nitrogens with two attached hydrogens (primary N) is 1. The Labute approximate surface area is 111 Å². The molecule has 2 aromatic heterocycles. The lowest BCUT2D eigenvalue weighted by Crippen LogP contribution is -2.33. The Kier molecular flexibility index (Phi) is 3.91. The van der Waals surface area contributed by atoms with Crippen LogP contribution in [-0.4, -0.2) is 37.3 Å². The zero-order valence-electron chi connectivity index (χ0n) is 11.3. The monoisotopic (exact) mass is 262 g/mol. The van der Waals surface area contributed by atoms with Gasteiger partial charge in [-0.1, -0.05) is 0 Å². The van der Waals surface area contributed by atoms with E-state index in [-0.39, 0.29) is 6.04 Å². The quantitative estimate of drug-likeness (QED) is 0.600. The molecule has 8 nitrogen and oxygen atoms in total. The highest BCUT2D eigenvalue weighted by Gasteiger charge is 2.15. The van der Waals surface area contributed by atoms with Gasteiger partial charge in [0.1, 0.15) is 0 Å². The maximum atomic E-state index is 5.41. The summed E-state index contributed by atoms with van der Waals surface area (Å²) >= 11 is 0. The van der Waals surface area contributed by atoms with Crippen molar-refractivity contribution in [3.05, 3.63) is 18.5 Å². The summed E-state index contributed by atoms with van der Waals surface area (Å²) < 4.78 is 1.57. The summed E-state index contributed by atoms with van der Waals surface area (Å²) in [6.07, 6.45) is 3.43. The first-order valence-corrected chi connectivity index (χ1v) is 6.15. The Morgan fingerprint density at radius 2 is 2.16 bits per heavy atom. The highest BCUT2D eigenvalue weighted by molar-refractivity contribution is 5.39. The van der Waals surface area contributed by atoms with Crippen LogP contribution in [0.25, 0.3) is 5.95 Å². The molecule has 8 heteroatoms. The van der Waals surface area contributed by atoms with Gasteiger partial charge in [-0.15, -0.1) is 0 Å². The van der Waals surface area contributed by atoms with Gasteiger partial charge in [0.25, 0.3) is 5.95 Å². The zero-order valence-corrected chi connectivity index (χ0v) is 11.3. The fourth-order valence-corrected chi connectivity index (χ4v) is 1.77. The van der Waals surface area contributed by atoms with Crippen molar-refractivity contribution in [1.82, 2.24) is 24.7 Å². The van der Waals surface area contributed by atoms with E-state index in [1.807, 2.05) is 6.92 Å². The largest absolute Gasteiger partial charge is 0.338 e. The summed E-state index contributed by atoms with van der Waals surface area (Å²) in [5, 5.41) is 4.11. The van der Waals surface area contributed by atoms with Gasteiger partial charge in [-0.3, -0.25) is 5.43 Å². The first-order chi connectivity index (χ1) is 9.15. The molecule has 2 rings (SSSR count). The molecule has 0 fully saturated rings. The van der Waals surface area contributed by atoms with Crippen LogP contribution < -0.4 is 16.2 Å². The van der Waals surface area contributed by atoms with Crippen molar-refractivity contribution in [2.24, 2.45) is 5.84 Å². The smallest absolute Gasteiger partial charge is 0.257 e. The SMILES string of the molecule is CCN(c1nc(NN)nc(-n2cccn2)n1)C(C)C. The van der Waals surface area contributed by atoms with Crippen LogP contribution in [0, 0.1) is 0 Å². The lowest BCUT2D eigenvalue weighted by Gasteiger charge is -2.25. The molecule has 0 aliphatic heterocycles. The standard InChI is InChI=1S/C11H18N8/c1-4-18(8(2)3)10-14-9(17-12)15-11(16-10)19-7-5-6-13-19/h5-8H,4,12H2,1-3H3,(H,14,15,16,17). The molecule has 3 N–H and O–H groups in total. The van der Waals surface area contributed by atoms with E-state index in [0.717, 1.165) is 6.54 Å². The number of nitrogen functional groups attached to an aromatic ring is 1. The molecule has 0 unspecified atom stereocenters. The molecule has 102 valence electrons. The van der Waals surface area contributed by atoms with E-state index in [0.29, 0.717) is 17.8 Å². The second kappa shape index (κ2) is 5.61. The van der Waals surface area contributed by atoms with E-state index in [2.05, 4.69) is 44.2 Å². The van der Waals surface area contributed by atoms with E-state index in [1.165, 1.54) is 0 Å². The average Bonchev–Trinajstić information content (AvgIpc) is 2.92. The molecule has 0 aliphatic rings. The molecule has 0 radical (unpaired) electrons. The molecule has 0 aromatic carbocycles. The Hall–Kier alpha value is -2.22. The summed E-state index contributed by atoms with van der Waals surface area (Å²) in [5.41, 5.74) is 2.46. The molecule has 19 heavy (non-hydrogen) atoms. The van der Waals surface area contributed by atoms with Crippen LogP contribution in [0.1, 0.15) is 20.8 Å². The van der Waals surface area contributed by atoms with Gasteiger partial charge in [-0.2, -0.15) is 20.1 Å². The fourth-order valence-electron chi connectivity index (χ4n) is 1.77. The third-order valence-corrected chi connectivity index (χ3v) is 2.67. The van der Waals surface area contributed by atoms with Crippen molar-refractivity contribution in [1.29, 1.82) is 0 Å². The topological polar surface area (TPSA) is 97.8 Å². The van der Waals surface area contributed by atoms with E-state index in [1.54, 1.807) is 23.1 Å². The first-order valence-electron chi connectivity index (χ1n) is 6.15. The Morgan fingerprint density at radius 1 is 1.37 bits per heavy atom. The van der Waals surface area contributed by atoms with Gasteiger partial charge in [0.15, 0.2) is 0 Å². The molecule has 0 aliphatic carbocycles. The van der Waals surface area contributed by atoms with Gasteiger partial charge >= 0.3 is 0 Å². The predicted octanol–water partition coefficient (Wildman–Crippen LogP) is 0.578. The normalized spacial score (nSPS) is 10.8. The minimum absolute atomic E-state index is 0.281. The number of rotatable bonds is 5. The van der Waals surface area contributed by atoms with Crippen LogP contribution in [0.4, 0.5) is 11.9 Å². The zero-order chi connectivity index (χ0) is 13.8. The average molecular weight is 262 g/mol. The fraction of sp³-hybridized carbons (Fsp3) is 0.455. The Morgan fingerprint density at radius 3 is 2.68 bits per heavy atom. The summed E-state index contributed by atoms with van der Waals surface area (Å²) in [4.78, 5) is 14.9. The Bertz CT molecular complexity index is 521. The van der Waals surface area contributed by atoms with Gasteiger partial charge in [-0.25, -0.2) is 10.5 Å². The third kappa shape index (κ3) is 2.79. The summed E-state index contributed by atoms with van der Waals surface area (Å²) in [6, 6.07) is 2.09. The summed E-state index contributed by atoms with van der Waals surface area (Å²) in [5.74, 6) is 6.73. The molecule has 0 spiro atoms. The van der Waals surface area contributed by atoms with Gasteiger partial charge in [0, 0.05) is 25.0 Å². The molecular weight excluding hydrogens is 244 g/mol. The lowest BCUT2D eigenvalue weighted by molar-refractivity contribution is 0.671. The number of hydrazine groups is 1. The van der Waals surface area contributed by atoms with Crippen molar-refractivity contribution in [3.63, 3.8) is 0 Å². The molecule has 2 heterocycles. The van der Waals surface area contributed by atoms with Gasteiger partial charge in [0.05, 0.1) is 0 Å². The van der Waals surface area contributed by atoms with Crippen LogP contribution >= 0.6 is 0 Å². The maximum absolute atomic E-state index is 5.41. The number of nitrogens with zero attached hydrogens (tertiary/aromatic N) is 6. The molecule has 0 bridgehead atoms. The first kappa shape index (κ1) is 13.2. The second-order valence-electron chi connectivity index (χ2n) is 4.23. The molecule has 0 amide bonds. The second-order valence-corrected chi connectivity index (χ2v) is 4.23. The predicted molar refractivity (Wildman–Crippen MR) is 72.9 cm³/mol.